The van der Waals surface area contributed by atoms with Gasteiger partial charge in [-0.15, -0.1) is 0 Å². The standard InChI is InChI=1S/C56H68N2O11/c1-51(2)47-46(62)48(63)55-39-23-32(22-31-8-5-4-6-9-31)11-12-33(39)10-7-18-54(52(3,56(55)49(68-56)50(64)69-54)19-15-43(55)53(47)29-66-45(61)26-44(53)67-51)38-17-21-65-42(38)25-37(41(60)28-59)34-13-14-36-35(24-34)16-20-58-30-57-27-40(36)58/h4-6,8-9,16-17,20-21,32-37,39-41,43-44,47-49,57,59-60,63H,11-15,18-19,22-30H2,1-3H3/t32-,33-,34-,35-,36+,37+,39+,40-,41-,43-,44+,47-,48-,49-,52+,53+,54+,55+,56-/m1/s1. The molecule has 3 spiro atoms. The Morgan fingerprint density at radius 3 is 2.67 bits per heavy atom. The molecule has 69 heavy (non-hydrogen) atoms. The summed E-state index contributed by atoms with van der Waals surface area (Å²) in [5.41, 5.74) is -5.36. The number of Topliss-reactive ketones (excluding diaryl/α,β-unsaturated/α-hetero) is 1. The summed E-state index contributed by atoms with van der Waals surface area (Å²) in [4.78, 5) is 46.8. The largest absolute Gasteiger partial charge is 0.469 e. The highest BCUT2D eigenvalue weighted by Gasteiger charge is 2.95. The molecule has 4 saturated carbocycles. The SMILES string of the molecule is CC1(C)O[C@H]2CC(=O)OC[C@@]23[C@@H]1C(=O)[C@@H](O)[C@]12[C@@H]3CC[C@]3(C)[C@@]14O[C@@H]4C(=O)O[C@]3(c1ccoc1C[C@@H]([C@@H]1CC[C@H]3[C@H](C=CN4CNC[C@H]34)C1)[C@H](O)CO)CC#C[C@@H]1CC[C@H](Cc3ccccc3)C[C@@H]12. The van der Waals surface area contributed by atoms with Crippen molar-refractivity contribution in [1.29, 1.82) is 0 Å². The van der Waals surface area contributed by atoms with Crippen LogP contribution in [0.3, 0.4) is 0 Å². The molecule has 11 aliphatic rings. The fourth-order valence-electron chi connectivity index (χ4n) is 18.7. The average molecular weight is 945 g/mol. The van der Waals surface area contributed by atoms with Gasteiger partial charge < -0.3 is 43.6 Å². The van der Waals surface area contributed by atoms with Gasteiger partial charge in [-0.1, -0.05) is 55.2 Å². The molecular weight excluding hydrogens is 877 g/mol. The molecule has 7 heterocycles. The van der Waals surface area contributed by atoms with Gasteiger partial charge >= 0.3 is 11.9 Å². The number of rotatable bonds is 8. The number of ketones is 1. The van der Waals surface area contributed by atoms with Crippen molar-refractivity contribution in [2.75, 3.05) is 26.4 Å². The Kier molecular flexibility index (Phi) is 10.1. The number of esters is 2. The minimum atomic E-state index is -1.54. The number of hydrogen-bond acceptors (Lipinski definition) is 13. The van der Waals surface area contributed by atoms with Crippen LogP contribution in [0.4, 0.5) is 0 Å². The summed E-state index contributed by atoms with van der Waals surface area (Å²) < 4.78 is 33.8. The molecule has 0 radical (unpaired) electrons. The van der Waals surface area contributed by atoms with Crippen molar-refractivity contribution in [3.8, 4) is 11.8 Å². The number of furan rings is 1. The van der Waals surface area contributed by atoms with E-state index in [0.29, 0.717) is 54.9 Å². The smallest absolute Gasteiger partial charge is 0.339 e. The summed E-state index contributed by atoms with van der Waals surface area (Å²) in [6.45, 7) is 7.37. The van der Waals surface area contributed by atoms with Gasteiger partial charge in [-0.05, 0) is 131 Å². The first kappa shape index (κ1) is 44.9. The molecule has 1 aromatic heterocycles. The second-order valence-corrected chi connectivity index (χ2v) is 24.2. The maximum Gasteiger partial charge on any atom is 0.339 e. The van der Waals surface area contributed by atoms with Crippen LogP contribution in [0.1, 0.15) is 102 Å². The van der Waals surface area contributed by atoms with Gasteiger partial charge in [-0.2, -0.15) is 0 Å². The Hall–Kier alpha value is -4.03. The highest BCUT2D eigenvalue weighted by molar-refractivity contribution is 5.92. The van der Waals surface area contributed by atoms with E-state index < -0.39 is 81.9 Å². The molecule has 0 amide bonds. The lowest BCUT2D eigenvalue weighted by Gasteiger charge is -2.71. The molecule has 19 atom stereocenters. The number of nitrogens with zero attached hydrogens (tertiary/aromatic N) is 1. The van der Waals surface area contributed by atoms with Crippen molar-refractivity contribution >= 4 is 17.7 Å². The number of epoxide rings is 1. The van der Waals surface area contributed by atoms with Crippen LogP contribution in [-0.2, 0) is 51.8 Å². The third-order valence-electron chi connectivity index (χ3n) is 21.3. The van der Waals surface area contributed by atoms with Crippen LogP contribution >= 0.6 is 0 Å². The van der Waals surface area contributed by atoms with E-state index in [4.69, 9.17) is 23.4 Å². The predicted molar refractivity (Wildman–Crippen MR) is 248 cm³/mol. The number of carbonyl (C=O) groups is 3. The normalized spacial score (nSPS) is 47.0. The summed E-state index contributed by atoms with van der Waals surface area (Å²) in [5.74, 6) is 5.72. The van der Waals surface area contributed by atoms with E-state index in [2.05, 4.69) is 65.5 Å². The Morgan fingerprint density at radius 2 is 1.84 bits per heavy atom. The molecule has 6 aliphatic heterocycles. The van der Waals surface area contributed by atoms with Crippen molar-refractivity contribution < 1.29 is 53.1 Å². The van der Waals surface area contributed by atoms with E-state index in [1.165, 1.54) is 5.56 Å². The highest BCUT2D eigenvalue weighted by atomic mass is 16.7. The van der Waals surface area contributed by atoms with Crippen LogP contribution in [0, 0.1) is 81.3 Å². The first-order valence-electron chi connectivity index (χ1n) is 26.2. The minimum absolute atomic E-state index is 0.00486. The van der Waals surface area contributed by atoms with Crippen LogP contribution in [0.5, 0.6) is 0 Å². The molecule has 1 aromatic carbocycles. The average Bonchev–Trinajstić information content (AvgIpc) is 3.56. The zero-order chi connectivity index (χ0) is 47.5. The number of cyclic esters (lactones) is 1. The van der Waals surface area contributed by atoms with Gasteiger partial charge in [0.05, 0.1) is 56.1 Å². The van der Waals surface area contributed by atoms with Crippen LogP contribution in [-0.4, -0.2) is 106 Å². The Labute approximate surface area is 404 Å². The summed E-state index contributed by atoms with van der Waals surface area (Å²) in [6, 6.07) is 12.8. The second kappa shape index (κ2) is 15.5. The molecule has 13 heteroatoms. The van der Waals surface area contributed by atoms with E-state index in [0.717, 1.165) is 51.7 Å². The Morgan fingerprint density at radius 1 is 1.00 bits per heavy atom. The van der Waals surface area contributed by atoms with Gasteiger partial charge in [0.25, 0.3) is 0 Å². The fraction of sp³-hybridized carbons (Fsp3) is 0.696. The van der Waals surface area contributed by atoms with E-state index in [1.54, 1.807) is 6.26 Å². The van der Waals surface area contributed by atoms with Crippen molar-refractivity contribution in [2.45, 2.75) is 145 Å². The number of allylic oxidation sites excluding steroid dienone is 1. The third-order valence-corrected chi connectivity index (χ3v) is 21.3. The second-order valence-electron chi connectivity index (χ2n) is 24.2. The monoisotopic (exact) mass is 944 g/mol. The lowest BCUT2D eigenvalue weighted by Crippen LogP contribution is -2.81. The summed E-state index contributed by atoms with van der Waals surface area (Å²) >= 11 is 0. The van der Waals surface area contributed by atoms with Crippen LogP contribution in [0.25, 0.3) is 0 Å². The van der Waals surface area contributed by atoms with Gasteiger partial charge in [-0.25, -0.2) is 4.79 Å². The molecule has 13 rings (SSSR count). The summed E-state index contributed by atoms with van der Waals surface area (Å²) in [6.07, 6.45) is 9.34. The molecule has 9 fully saturated rings. The number of fused-ring (bicyclic) bond motifs is 4. The Bertz CT molecular complexity index is 2530. The molecule has 2 aromatic rings. The molecule has 13 nitrogen and oxygen atoms in total. The summed E-state index contributed by atoms with van der Waals surface area (Å²) in [7, 11) is 0. The van der Waals surface area contributed by atoms with Gasteiger partial charge in [0, 0.05) is 46.7 Å². The first-order chi connectivity index (χ1) is 33.2. The summed E-state index contributed by atoms with van der Waals surface area (Å²) in [5, 5.41) is 39.7. The van der Waals surface area contributed by atoms with E-state index in [9.17, 15) is 20.1 Å². The number of aliphatic hydroxyl groups is 3. The van der Waals surface area contributed by atoms with Gasteiger partial charge in [-0.3, -0.25) is 14.9 Å². The first-order valence-corrected chi connectivity index (χ1v) is 26.2. The topological polar surface area (TPSA) is 181 Å². The van der Waals surface area contributed by atoms with Crippen molar-refractivity contribution in [3.05, 3.63) is 71.8 Å². The quantitative estimate of drug-likeness (QED) is 0.154. The molecule has 368 valence electrons. The lowest BCUT2D eigenvalue weighted by molar-refractivity contribution is -0.295. The van der Waals surface area contributed by atoms with Crippen molar-refractivity contribution in [2.24, 2.45) is 69.5 Å². The predicted octanol–water partition coefficient (Wildman–Crippen LogP) is 5.23. The lowest BCUT2D eigenvalue weighted by atomic mass is 9.31. The molecule has 5 saturated heterocycles. The number of benzene rings is 1. The van der Waals surface area contributed by atoms with Crippen LogP contribution in [0.2, 0.25) is 0 Å². The minimum Gasteiger partial charge on any atom is -0.469 e. The fourth-order valence-corrected chi connectivity index (χ4v) is 18.7. The highest BCUT2D eigenvalue weighted by Crippen LogP contribution is 2.84. The maximum atomic E-state index is 15.9. The maximum absolute atomic E-state index is 15.9. The number of hydrogen-bond donors (Lipinski definition) is 4. The number of carbonyl (C=O) groups excluding carboxylic acids is 3. The molecule has 4 bridgehead atoms. The number of ether oxygens (including phenoxy) is 4. The number of nitrogens with one attached hydrogen (secondary N) is 1. The van der Waals surface area contributed by atoms with Gasteiger partial charge in [0.1, 0.15) is 24.1 Å². The van der Waals surface area contributed by atoms with Crippen molar-refractivity contribution in [1.82, 2.24) is 10.2 Å². The molecule has 0 unspecified atom stereocenters. The van der Waals surface area contributed by atoms with Crippen molar-refractivity contribution in [3.63, 3.8) is 0 Å². The third kappa shape index (κ3) is 5.79. The van der Waals surface area contributed by atoms with Gasteiger partial charge in [0.15, 0.2) is 17.5 Å². The molecular formula is C56H68N2O11. The molecule has 5 aliphatic carbocycles. The zero-order valence-electron chi connectivity index (χ0n) is 40.1. The van der Waals surface area contributed by atoms with E-state index in [1.807, 2.05) is 26.0 Å². The zero-order valence-corrected chi connectivity index (χ0v) is 40.1. The molecule has 4 N–H and O–H groups in total. The van der Waals surface area contributed by atoms with Crippen LogP contribution in [0.15, 0.2) is 59.4 Å². The van der Waals surface area contributed by atoms with E-state index >= 15 is 9.59 Å². The Balaban J connectivity index is 0.957. The van der Waals surface area contributed by atoms with E-state index in [-0.39, 0.29) is 60.8 Å². The number of aliphatic hydroxyl groups excluding tert-OH is 3. The van der Waals surface area contributed by atoms with Crippen LogP contribution < -0.4 is 5.32 Å². The van der Waals surface area contributed by atoms with Gasteiger partial charge in [0.2, 0.25) is 0 Å².